The fraction of sp³-hybridized carbons (Fsp3) is 0.259. The Morgan fingerprint density at radius 1 is 0.974 bits per heavy atom. The molecule has 1 N–H and O–H groups in total. The minimum atomic E-state index is -4.74. The summed E-state index contributed by atoms with van der Waals surface area (Å²) in [4.78, 5) is 27.1. The molecular formula is C27H28F3N3O5S. The van der Waals surface area contributed by atoms with E-state index in [1.807, 2.05) is 0 Å². The monoisotopic (exact) mass is 563 g/mol. The molecule has 2 amide bonds. The number of carbonyl (C=O) groups excluding carboxylic acids is 2. The van der Waals surface area contributed by atoms with Crippen molar-refractivity contribution in [1.29, 1.82) is 0 Å². The van der Waals surface area contributed by atoms with Crippen molar-refractivity contribution in [2.24, 2.45) is 0 Å². The average molecular weight is 564 g/mol. The summed E-state index contributed by atoms with van der Waals surface area (Å²) in [6, 6.07) is 16.5. The van der Waals surface area contributed by atoms with Gasteiger partial charge in [0.2, 0.25) is 11.8 Å². The first-order valence-corrected chi connectivity index (χ1v) is 13.2. The first kappa shape index (κ1) is 29.5. The van der Waals surface area contributed by atoms with Gasteiger partial charge in [0.05, 0.1) is 23.3 Å². The Hall–Kier alpha value is -4.06. The number of anilines is 1. The van der Waals surface area contributed by atoms with Gasteiger partial charge < -0.3 is 15.0 Å². The second-order valence-corrected chi connectivity index (χ2v) is 10.4. The number of carbonyl (C=O) groups is 2. The number of amides is 2. The molecule has 0 aromatic heterocycles. The fourth-order valence-electron chi connectivity index (χ4n) is 3.80. The molecule has 0 fully saturated rings. The molecule has 0 aliphatic rings. The van der Waals surface area contributed by atoms with Gasteiger partial charge in [0.15, 0.2) is 0 Å². The number of hydrogen-bond acceptors (Lipinski definition) is 5. The minimum absolute atomic E-state index is 0.0702. The smallest absolute Gasteiger partial charge is 0.416 e. The largest absolute Gasteiger partial charge is 0.497 e. The topological polar surface area (TPSA) is 96.0 Å². The van der Waals surface area contributed by atoms with Crippen molar-refractivity contribution in [3.63, 3.8) is 0 Å². The number of methoxy groups -OCH3 is 1. The van der Waals surface area contributed by atoms with Crippen molar-refractivity contribution in [2.45, 2.75) is 30.6 Å². The van der Waals surface area contributed by atoms with Crippen LogP contribution in [0.3, 0.4) is 0 Å². The third-order valence-corrected chi connectivity index (χ3v) is 7.79. The Kier molecular flexibility index (Phi) is 9.23. The Balaban J connectivity index is 2.06. The molecule has 3 aromatic rings. The third-order valence-electron chi connectivity index (χ3n) is 6.00. The predicted octanol–water partition coefficient (Wildman–Crippen LogP) is 4.07. The van der Waals surface area contributed by atoms with Crippen molar-refractivity contribution in [2.75, 3.05) is 25.0 Å². The molecule has 0 aliphatic carbocycles. The van der Waals surface area contributed by atoms with Gasteiger partial charge >= 0.3 is 6.18 Å². The van der Waals surface area contributed by atoms with Gasteiger partial charge in [-0.05, 0) is 55.0 Å². The second-order valence-electron chi connectivity index (χ2n) is 8.53. The van der Waals surface area contributed by atoms with E-state index in [0.717, 1.165) is 12.1 Å². The highest BCUT2D eigenvalue weighted by Gasteiger charge is 2.35. The number of benzene rings is 3. The molecule has 0 saturated heterocycles. The molecular weight excluding hydrogens is 535 g/mol. The number of hydrogen-bond donors (Lipinski definition) is 1. The number of halogens is 3. The number of rotatable bonds is 10. The number of nitrogens with one attached hydrogen (secondary N) is 1. The maximum absolute atomic E-state index is 13.7. The third kappa shape index (κ3) is 7.08. The first-order valence-electron chi connectivity index (χ1n) is 11.8. The zero-order valence-corrected chi connectivity index (χ0v) is 22.3. The number of alkyl halides is 3. The molecule has 8 nitrogen and oxygen atoms in total. The lowest BCUT2D eigenvalue weighted by Gasteiger charge is -2.32. The van der Waals surface area contributed by atoms with Crippen LogP contribution in [0.25, 0.3) is 0 Å². The maximum atomic E-state index is 13.7. The van der Waals surface area contributed by atoms with Crippen LogP contribution in [0.15, 0.2) is 83.8 Å². The zero-order chi connectivity index (χ0) is 28.8. The van der Waals surface area contributed by atoms with E-state index in [1.54, 1.807) is 30.3 Å². The SMILES string of the molecule is CNC(=O)C(C)N(Cc1ccc(OC)cc1)C(=O)CN(c1cccc(C(F)(F)F)c1)S(=O)(=O)c1ccccc1. The van der Waals surface area contributed by atoms with Gasteiger partial charge in [0.25, 0.3) is 10.0 Å². The van der Waals surface area contributed by atoms with Gasteiger partial charge in [-0.1, -0.05) is 36.4 Å². The van der Waals surface area contributed by atoms with E-state index in [2.05, 4.69) is 5.32 Å². The summed E-state index contributed by atoms with van der Waals surface area (Å²) < 4.78 is 73.4. The molecule has 0 radical (unpaired) electrons. The van der Waals surface area contributed by atoms with E-state index in [-0.39, 0.29) is 17.1 Å². The van der Waals surface area contributed by atoms with Crippen molar-refractivity contribution in [3.05, 3.63) is 90.0 Å². The summed E-state index contributed by atoms with van der Waals surface area (Å²) >= 11 is 0. The van der Waals surface area contributed by atoms with Gasteiger partial charge in [-0.2, -0.15) is 13.2 Å². The lowest BCUT2D eigenvalue weighted by Crippen LogP contribution is -2.50. The first-order chi connectivity index (χ1) is 18.4. The number of sulfonamides is 1. The number of nitrogens with zero attached hydrogens (tertiary/aromatic N) is 2. The van der Waals surface area contributed by atoms with E-state index >= 15 is 0 Å². The second kappa shape index (κ2) is 12.2. The van der Waals surface area contributed by atoms with E-state index in [0.29, 0.717) is 21.7 Å². The average Bonchev–Trinajstić information content (AvgIpc) is 2.94. The van der Waals surface area contributed by atoms with Crippen LogP contribution in [0.2, 0.25) is 0 Å². The fourth-order valence-corrected chi connectivity index (χ4v) is 5.23. The van der Waals surface area contributed by atoms with Crippen LogP contribution in [0.1, 0.15) is 18.1 Å². The van der Waals surface area contributed by atoms with Gasteiger partial charge in [-0.3, -0.25) is 13.9 Å². The number of likely N-dealkylation sites (N-methyl/N-ethyl adjacent to an activating group) is 1. The molecule has 3 aromatic carbocycles. The molecule has 39 heavy (non-hydrogen) atoms. The highest BCUT2D eigenvalue weighted by molar-refractivity contribution is 7.92. The van der Waals surface area contributed by atoms with E-state index in [4.69, 9.17) is 4.74 Å². The van der Waals surface area contributed by atoms with Crippen LogP contribution >= 0.6 is 0 Å². The van der Waals surface area contributed by atoms with Crippen molar-refractivity contribution in [1.82, 2.24) is 10.2 Å². The van der Waals surface area contributed by atoms with Crippen LogP contribution in [0.4, 0.5) is 18.9 Å². The molecule has 0 spiro atoms. The molecule has 12 heteroatoms. The molecule has 0 bridgehead atoms. The lowest BCUT2D eigenvalue weighted by molar-refractivity contribution is -0.139. The normalized spacial score (nSPS) is 12.4. The summed E-state index contributed by atoms with van der Waals surface area (Å²) in [5, 5.41) is 2.46. The Labute approximate surface area is 225 Å². The Bertz CT molecular complexity index is 1400. The van der Waals surface area contributed by atoms with Crippen molar-refractivity contribution < 1.29 is 35.9 Å². The Morgan fingerprint density at radius 2 is 1.62 bits per heavy atom. The van der Waals surface area contributed by atoms with Gasteiger partial charge in [-0.15, -0.1) is 0 Å². The molecule has 208 valence electrons. The van der Waals surface area contributed by atoms with E-state index < -0.39 is 46.2 Å². The van der Waals surface area contributed by atoms with Crippen LogP contribution in [0, 0.1) is 0 Å². The van der Waals surface area contributed by atoms with Crippen LogP contribution < -0.4 is 14.4 Å². The highest BCUT2D eigenvalue weighted by Crippen LogP contribution is 2.33. The molecule has 0 aliphatic heterocycles. The van der Waals surface area contributed by atoms with Gasteiger partial charge in [-0.25, -0.2) is 8.42 Å². The molecule has 1 atom stereocenters. The summed E-state index contributed by atoms with van der Waals surface area (Å²) in [5.41, 5.74) is -0.801. The summed E-state index contributed by atoms with van der Waals surface area (Å²) in [6.45, 7) is 0.551. The van der Waals surface area contributed by atoms with Crippen molar-refractivity contribution >= 4 is 27.5 Å². The maximum Gasteiger partial charge on any atom is 0.416 e. The molecule has 0 heterocycles. The van der Waals surface area contributed by atoms with Crippen LogP contribution in [-0.4, -0.2) is 51.9 Å². The van der Waals surface area contributed by atoms with E-state index in [9.17, 15) is 31.2 Å². The summed E-state index contributed by atoms with van der Waals surface area (Å²) in [7, 11) is -1.59. The Morgan fingerprint density at radius 3 is 2.18 bits per heavy atom. The summed E-state index contributed by atoms with van der Waals surface area (Å²) in [5.74, 6) is -0.729. The van der Waals surface area contributed by atoms with Gasteiger partial charge in [0, 0.05) is 13.6 Å². The highest BCUT2D eigenvalue weighted by atomic mass is 32.2. The molecule has 0 saturated carbocycles. The lowest BCUT2D eigenvalue weighted by atomic mass is 10.1. The quantitative estimate of drug-likeness (QED) is 0.401. The standard InChI is InChI=1S/C27H28F3N3O5S/c1-19(26(35)31-2)32(17-20-12-14-23(38-3)15-13-20)25(34)18-33(39(36,37)24-10-5-4-6-11-24)22-9-7-8-21(16-22)27(28,29)30/h4-16,19H,17-18H2,1-3H3,(H,31,35). The minimum Gasteiger partial charge on any atom is -0.497 e. The molecule has 3 rings (SSSR count). The van der Waals surface area contributed by atoms with Gasteiger partial charge in [0.1, 0.15) is 18.3 Å². The van der Waals surface area contributed by atoms with Crippen LogP contribution in [-0.2, 0) is 32.3 Å². The van der Waals surface area contributed by atoms with Crippen molar-refractivity contribution in [3.8, 4) is 5.75 Å². The van der Waals surface area contributed by atoms with Crippen LogP contribution in [0.5, 0.6) is 5.75 Å². The van der Waals surface area contributed by atoms with E-state index in [1.165, 1.54) is 56.3 Å². The number of ether oxygens (including phenoxy) is 1. The predicted molar refractivity (Wildman–Crippen MR) is 139 cm³/mol. The summed E-state index contributed by atoms with van der Waals surface area (Å²) in [6.07, 6.45) is -4.74. The zero-order valence-electron chi connectivity index (χ0n) is 21.5. The molecule has 1 unspecified atom stereocenters.